The largest absolute Gasteiger partial charge is 0.489 e. The Balaban J connectivity index is 2.24. The number of carbonyl (C=O) groups is 1. The van der Waals surface area contributed by atoms with Crippen molar-refractivity contribution in [1.29, 1.82) is 0 Å². The lowest BCUT2D eigenvalue weighted by Crippen LogP contribution is -2.04. The summed E-state index contributed by atoms with van der Waals surface area (Å²) < 4.78 is 6.10. The predicted molar refractivity (Wildman–Crippen MR) is 102 cm³/mol. The first-order valence-electron chi connectivity index (χ1n) is 8.56. The fraction of sp³-hybridized carbons (Fsp3) is 0.381. The quantitative estimate of drug-likeness (QED) is 0.589. The second-order valence-electron chi connectivity index (χ2n) is 6.03. The van der Waals surface area contributed by atoms with E-state index in [1.165, 1.54) is 22.9 Å². The molecule has 3 heteroatoms. The molecule has 2 aromatic carbocycles. The number of aryl methyl sites for hydroxylation is 3. The van der Waals surface area contributed by atoms with Crippen LogP contribution in [0.15, 0.2) is 41.3 Å². The zero-order chi connectivity index (χ0) is 17.5. The molecule has 0 heterocycles. The number of hydrogen-bond acceptors (Lipinski definition) is 3. The Morgan fingerprint density at radius 1 is 1.12 bits per heavy atom. The molecule has 24 heavy (non-hydrogen) atoms. The molecule has 0 saturated carbocycles. The number of carbonyl (C=O) groups excluding carboxylic acids is 1. The Morgan fingerprint density at radius 3 is 2.62 bits per heavy atom. The zero-order valence-electron chi connectivity index (χ0n) is 15.0. The van der Waals surface area contributed by atoms with Crippen molar-refractivity contribution in [2.75, 3.05) is 0 Å². The van der Waals surface area contributed by atoms with Crippen LogP contribution in [0.2, 0.25) is 0 Å². The van der Waals surface area contributed by atoms with Crippen LogP contribution in [0.4, 0.5) is 0 Å². The Morgan fingerprint density at radius 2 is 1.92 bits per heavy atom. The molecule has 0 amide bonds. The van der Waals surface area contributed by atoms with Gasteiger partial charge in [-0.05, 0) is 55.5 Å². The number of benzene rings is 2. The van der Waals surface area contributed by atoms with E-state index in [4.69, 9.17) is 4.74 Å². The van der Waals surface area contributed by atoms with Gasteiger partial charge in [0.05, 0.1) is 0 Å². The van der Waals surface area contributed by atoms with E-state index in [0.29, 0.717) is 13.0 Å². The predicted octanol–water partition coefficient (Wildman–Crippen LogP) is 5.86. The summed E-state index contributed by atoms with van der Waals surface area (Å²) in [5.74, 6) is 0.914. The summed E-state index contributed by atoms with van der Waals surface area (Å²) in [7, 11) is 0. The molecule has 0 aliphatic heterocycles. The first-order chi connectivity index (χ1) is 11.5. The van der Waals surface area contributed by atoms with Gasteiger partial charge < -0.3 is 4.74 Å². The summed E-state index contributed by atoms with van der Waals surface area (Å²) in [6, 6.07) is 12.4. The minimum atomic E-state index is 0.221. The summed E-state index contributed by atoms with van der Waals surface area (Å²) in [5, 5.41) is 0.221. The average Bonchev–Trinajstić information content (AvgIpc) is 2.56. The highest BCUT2D eigenvalue weighted by atomic mass is 32.2. The summed E-state index contributed by atoms with van der Waals surface area (Å²) in [6.45, 7) is 8.79. The van der Waals surface area contributed by atoms with Crippen molar-refractivity contribution in [1.82, 2.24) is 0 Å². The standard InChI is InChI=1S/C21H26O2S/c1-5-8-21(22)24-20-10-7-9-17(6-2)18(20)14-23-19-13-15(3)11-12-16(19)4/h7,9-13H,5-6,8,14H2,1-4H3. The van der Waals surface area contributed by atoms with Gasteiger partial charge in [-0.25, -0.2) is 0 Å². The third-order valence-electron chi connectivity index (χ3n) is 4.00. The molecule has 0 fully saturated rings. The molecule has 0 atom stereocenters. The average molecular weight is 343 g/mol. The van der Waals surface area contributed by atoms with Crippen molar-refractivity contribution in [3.8, 4) is 5.75 Å². The lowest BCUT2D eigenvalue weighted by Gasteiger charge is -2.15. The van der Waals surface area contributed by atoms with Crippen molar-refractivity contribution in [3.05, 3.63) is 58.7 Å². The smallest absolute Gasteiger partial charge is 0.193 e. The van der Waals surface area contributed by atoms with Crippen molar-refractivity contribution in [3.63, 3.8) is 0 Å². The molecule has 0 radical (unpaired) electrons. The highest BCUT2D eigenvalue weighted by molar-refractivity contribution is 8.13. The van der Waals surface area contributed by atoms with Crippen LogP contribution in [0.25, 0.3) is 0 Å². The first-order valence-corrected chi connectivity index (χ1v) is 9.38. The maximum Gasteiger partial charge on any atom is 0.193 e. The zero-order valence-corrected chi connectivity index (χ0v) is 15.8. The maximum atomic E-state index is 12.1. The van der Waals surface area contributed by atoms with E-state index in [1.54, 1.807) is 0 Å². The molecule has 0 N–H and O–H groups in total. The molecule has 0 aliphatic rings. The van der Waals surface area contributed by atoms with E-state index in [0.717, 1.165) is 34.6 Å². The van der Waals surface area contributed by atoms with Gasteiger partial charge in [-0.2, -0.15) is 0 Å². The molecule has 0 saturated heterocycles. The number of thioether (sulfide) groups is 1. The highest BCUT2D eigenvalue weighted by Gasteiger charge is 2.13. The summed E-state index contributed by atoms with van der Waals surface area (Å²) in [5.41, 5.74) is 4.70. The molecule has 0 aliphatic carbocycles. The van der Waals surface area contributed by atoms with Gasteiger partial charge in [0.1, 0.15) is 12.4 Å². The van der Waals surface area contributed by atoms with E-state index in [1.807, 2.05) is 19.1 Å². The van der Waals surface area contributed by atoms with Gasteiger partial charge in [0.15, 0.2) is 5.12 Å². The van der Waals surface area contributed by atoms with Gasteiger partial charge in [0.25, 0.3) is 0 Å². The second-order valence-corrected chi connectivity index (χ2v) is 7.13. The Labute approximate surface area is 149 Å². The Bertz CT molecular complexity index is 707. The van der Waals surface area contributed by atoms with Crippen LogP contribution in [-0.2, 0) is 17.8 Å². The van der Waals surface area contributed by atoms with Gasteiger partial charge in [-0.3, -0.25) is 4.79 Å². The van der Waals surface area contributed by atoms with Crippen molar-refractivity contribution < 1.29 is 9.53 Å². The topological polar surface area (TPSA) is 26.3 Å². The molecule has 0 unspecified atom stereocenters. The number of ether oxygens (including phenoxy) is 1. The third-order valence-corrected chi connectivity index (χ3v) is 5.04. The fourth-order valence-corrected chi connectivity index (χ4v) is 3.60. The minimum absolute atomic E-state index is 0.221. The minimum Gasteiger partial charge on any atom is -0.489 e. The molecule has 2 aromatic rings. The van der Waals surface area contributed by atoms with Crippen LogP contribution in [0, 0.1) is 13.8 Å². The highest BCUT2D eigenvalue weighted by Crippen LogP contribution is 2.30. The van der Waals surface area contributed by atoms with Gasteiger partial charge in [-0.1, -0.05) is 49.9 Å². The first kappa shape index (κ1) is 18.6. The normalized spacial score (nSPS) is 10.7. The van der Waals surface area contributed by atoms with E-state index in [2.05, 4.69) is 45.0 Å². The molecule has 0 aromatic heterocycles. The summed E-state index contributed by atoms with van der Waals surface area (Å²) in [4.78, 5) is 13.1. The van der Waals surface area contributed by atoms with Crippen molar-refractivity contribution >= 4 is 16.9 Å². The monoisotopic (exact) mass is 342 g/mol. The summed E-state index contributed by atoms with van der Waals surface area (Å²) in [6.07, 6.45) is 2.42. The van der Waals surface area contributed by atoms with Gasteiger partial charge in [0, 0.05) is 16.9 Å². The van der Waals surface area contributed by atoms with Crippen LogP contribution in [0.5, 0.6) is 5.75 Å². The lowest BCUT2D eigenvalue weighted by molar-refractivity contribution is -0.111. The van der Waals surface area contributed by atoms with Crippen LogP contribution < -0.4 is 4.74 Å². The summed E-state index contributed by atoms with van der Waals surface area (Å²) >= 11 is 1.35. The van der Waals surface area contributed by atoms with Crippen LogP contribution in [-0.4, -0.2) is 5.12 Å². The SMILES string of the molecule is CCCC(=O)Sc1cccc(CC)c1COc1cc(C)ccc1C. The maximum absolute atomic E-state index is 12.1. The van der Waals surface area contributed by atoms with Crippen molar-refractivity contribution in [2.45, 2.75) is 58.5 Å². The van der Waals surface area contributed by atoms with Crippen LogP contribution >= 0.6 is 11.8 Å². The fourth-order valence-electron chi connectivity index (χ4n) is 2.59. The molecular weight excluding hydrogens is 316 g/mol. The Hall–Kier alpha value is -1.74. The van der Waals surface area contributed by atoms with Crippen LogP contribution in [0.3, 0.4) is 0 Å². The van der Waals surface area contributed by atoms with E-state index < -0.39 is 0 Å². The molecule has 2 rings (SSSR count). The molecule has 2 nitrogen and oxygen atoms in total. The molecular formula is C21H26O2S. The third kappa shape index (κ3) is 4.88. The Kier molecular flexibility index (Phi) is 6.92. The number of rotatable bonds is 7. The van der Waals surface area contributed by atoms with E-state index in [-0.39, 0.29) is 5.12 Å². The van der Waals surface area contributed by atoms with E-state index >= 15 is 0 Å². The van der Waals surface area contributed by atoms with Crippen molar-refractivity contribution in [2.24, 2.45) is 0 Å². The molecule has 0 bridgehead atoms. The van der Waals surface area contributed by atoms with Gasteiger partial charge >= 0.3 is 0 Å². The van der Waals surface area contributed by atoms with Gasteiger partial charge in [-0.15, -0.1) is 0 Å². The lowest BCUT2D eigenvalue weighted by atomic mass is 10.1. The molecule has 128 valence electrons. The van der Waals surface area contributed by atoms with Crippen LogP contribution in [0.1, 0.15) is 48.9 Å². The number of hydrogen-bond donors (Lipinski definition) is 0. The molecule has 0 spiro atoms. The van der Waals surface area contributed by atoms with E-state index in [9.17, 15) is 4.79 Å². The second kappa shape index (κ2) is 8.93. The van der Waals surface area contributed by atoms with Gasteiger partial charge in [0.2, 0.25) is 0 Å².